The van der Waals surface area contributed by atoms with Crippen LogP contribution in [-0.4, -0.2) is 60.1 Å². The smallest absolute Gasteiger partial charge is 0.293 e. The summed E-state index contributed by atoms with van der Waals surface area (Å²) in [4.78, 5) is 43.2. The van der Waals surface area contributed by atoms with Gasteiger partial charge in [-0.2, -0.15) is 0 Å². The Labute approximate surface area is 228 Å². The number of halogens is 2. The lowest BCUT2D eigenvalue weighted by atomic mass is 10.1. The van der Waals surface area contributed by atoms with E-state index in [1.54, 1.807) is 36.3 Å². The second-order valence-electron chi connectivity index (χ2n) is 9.04. The van der Waals surface area contributed by atoms with Crippen molar-refractivity contribution in [1.82, 2.24) is 9.80 Å². The lowest BCUT2D eigenvalue weighted by Crippen LogP contribution is -2.48. The van der Waals surface area contributed by atoms with Crippen molar-refractivity contribution in [3.8, 4) is 5.75 Å². The number of rotatable bonds is 6. The number of carbonyl (C=O) groups is 3. The minimum Gasteiger partial charge on any atom is -0.495 e. The number of ether oxygens (including phenoxy) is 1. The fourth-order valence-electron chi connectivity index (χ4n) is 4.58. The van der Waals surface area contributed by atoms with Crippen LogP contribution >= 0.6 is 11.8 Å². The van der Waals surface area contributed by atoms with Gasteiger partial charge in [0, 0.05) is 37.3 Å². The summed E-state index contributed by atoms with van der Waals surface area (Å²) >= 11 is 0.707. The van der Waals surface area contributed by atoms with Gasteiger partial charge in [-0.3, -0.25) is 19.3 Å². The molecule has 2 heterocycles. The van der Waals surface area contributed by atoms with Crippen molar-refractivity contribution >= 4 is 40.6 Å². The summed E-state index contributed by atoms with van der Waals surface area (Å²) in [5.74, 6) is -1.56. The van der Waals surface area contributed by atoms with E-state index in [4.69, 9.17) is 4.74 Å². The lowest BCUT2D eigenvalue weighted by molar-refractivity contribution is -0.123. The van der Waals surface area contributed by atoms with Crippen molar-refractivity contribution in [1.29, 1.82) is 0 Å². The number of hydrogen-bond donors (Lipinski definition) is 0. The Morgan fingerprint density at radius 2 is 1.59 bits per heavy atom. The summed E-state index contributed by atoms with van der Waals surface area (Å²) in [6.07, 6.45) is 1.53. The van der Waals surface area contributed by atoms with Gasteiger partial charge in [-0.25, -0.2) is 8.78 Å². The number of nitrogens with zero attached hydrogens (tertiary/aromatic N) is 3. The molecule has 0 aliphatic carbocycles. The fourth-order valence-corrected chi connectivity index (χ4v) is 5.41. The molecule has 3 aromatic carbocycles. The van der Waals surface area contributed by atoms with E-state index in [0.717, 1.165) is 28.5 Å². The van der Waals surface area contributed by atoms with Gasteiger partial charge in [0.1, 0.15) is 17.4 Å². The molecule has 5 rings (SSSR count). The van der Waals surface area contributed by atoms with Crippen molar-refractivity contribution in [2.24, 2.45) is 0 Å². The first-order valence-corrected chi connectivity index (χ1v) is 13.1. The Morgan fingerprint density at radius 3 is 2.26 bits per heavy atom. The van der Waals surface area contributed by atoms with Crippen LogP contribution < -0.4 is 9.64 Å². The predicted molar refractivity (Wildman–Crippen MR) is 145 cm³/mol. The normalized spacial score (nSPS) is 16.8. The molecule has 2 fully saturated rings. The molecule has 3 aromatic rings. The van der Waals surface area contributed by atoms with E-state index in [-0.39, 0.29) is 16.4 Å². The molecular formula is C29H25F2N3O4S. The number of anilines is 1. The molecule has 0 radical (unpaired) electrons. The number of benzene rings is 3. The number of amides is 3. The molecule has 10 heteroatoms. The SMILES string of the molecule is COc1ccccc1N1CCN(C(=O)c2ccc(/C=C3\SC(=O)N(Cc4c(F)cccc4F)C3=O)cc2)CC1. The number of piperazine rings is 1. The largest absolute Gasteiger partial charge is 0.495 e. The monoisotopic (exact) mass is 549 g/mol. The Bertz CT molecular complexity index is 1430. The molecule has 200 valence electrons. The summed E-state index contributed by atoms with van der Waals surface area (Å²) in [6.45, 7) is 1.99. The maximum Gasteiger partial charge on any atom is 0.293 e. The molecule has 0 bridgehead atoms. The molecule has 2 saturated heterocycles. The second-order valence-corrected chi connectivity index (χ2v) is 10.0. The summed E-state index contributed by atoms with van der Waals surface area (Å²) in [5.41, 5.74) is 1.80. The first kappa shape index (κ1) is 26.4. The zero-order valence-electron chi connectivity index (χ0n) is 21.1. The van der Waals surface area contributed by atoms with Crippen molar-refractivity contribution in [2.75, 3.05) is 38.2 Å². The van der Waals surface area contributed by atoms with E-state index in [0.29, 0.717) is 49.1 Å². The number of hydrogen-bond acceptors (Lipinski definition) is 6. The van der Waals surface area contributed by atoms with Gasteiger partial charge in [0.05, 0.1) is 24.2 Å². The summed E-state index contributed by atoms with van der Waals surface area (Å²) in [7, 11) is 1.64. The van der Waals surface area contributed by atoms with Crippen LogP contribution in [0.1, 0.15) is 21.5 Å². The minimum absolute atomic E-state index is 0.0894. The van der Waals surface area contributed by atoms with E-state index < -0.39 is 29.3 Å². The molecule has 39 heavy (non-hydrogen) atoms. The molecule has 0 aromatic heterocycles. The van der Waals surface area contributed by atoms with Crippen molar-refractivity contribution in [3.05, 3.63) is 100.0 Å². The van der Waals surface area contributed by atoms with Crippen LogP contribution in [0, 0.1) is 11.6 Å². The standard InChI is InChI=1S/C29H25F2N3O4S/c1-38-25-8-3-2-7-24(25)32-13-15-33(16-14-32)27(35)20-11-9-19(10-12-20)17-26-28(36)34(29(37)39-26)18-21-22(30)5-4-6-23(21)31/h2-12,17H,13-16,18H2,1H3/b26-17-. The Morgan fingerprint density at radius 1 is 0.923 bits per heavy atom. The van der Waals surface area contributed by atoms with Crippen LogP contribution in [0.15, 0.2) is 71.6 Å². The molecule has 0 saturated carbocycles. The molecule has 0 unspecified atom stereocenters. The minimum atomic E-state index is -0.820. The maximum atomic E-state index is 14.0. The van der Waals surface area contributed by atoms with E-state index in [2.05, 4.69) is 4.90 Å². The maximum absolute atomic E-state index is 14.0. The average molecular weight is 550 g/mol. The van der Waals surface area contributed by atoms with Gasteiger partial charge in [0.25, 0.3) is 17.1 Å². The van der Waals surface area contributed by atoms with Crippen molar-refractivity contribution in [2.45, 2.75) is 6.54 Å². The molecule has 2 aliphatic rings. The van der Waals surface area contributed by atoms with Gasteiger partial charge in [-0.1, -0.05) is 30.3 Å². The van der Waals surface area contributed by atoms with Crippen LogP contribution in [0.2, 0.25) is 0 Å². The van der Waals surface area contributed by atoms with Crippen LogP contribution in [0.4, 0.5) is 19.3 Å². The fraction of sp³-hybridized carbons (Fsp3) is 0.207. The predicted octanol–water partition coefficient (Wildman–Crippen LogP) is 5.17. The third kappa shape index (κ3) is 5.51. The Kier molecular flexibility index (Phi) is 7.65. The summed E-state index contributed by atoms with van der Waals surface area (Å²) in [6, 6.07) is 17.9. The zero-order valence-corrected chi connectivity index (χ0v) is 21.9. The number of imide groups is 1. The summed E-state index contributed by atoms with van der Waals surface area (Å²) < 4.78 is 33.5. The van der Waals surface area contributed by atoms with Crippen LogP contribution in [-0.2, 0) is 11.3 Å². The van der Waals surface area contributed by atoms with E-state index in [1.807, 2.05) is 24.3 Å². The third-order valence-electron chi connectivity index (χ3n) is 6.70. The molecule has 2 aliphatic heterocycles. The van der Waals surface area contributed by atoms with Gasteiger partial charge in [0.15, 0.2) is 0 Å². The molecule has 0 N–H and O–H groups in total. The van der Waals surface area contributed by atoms with Gasteiger partial charge >= 0.3 is 0 Å². The van der Waals surface area contributed by atoms with Crippen molar-refractivity contribution < 1.29 is 27.9 Å². The van der Waals surface area contributed by atoms with Crippen LogP contribution in [0.25, 0.3) is 6.08 Å². The van der Waals surface area contributed by atoms with E-state index >= 15 is 0 Å². The topological polar surface area (TPSA) is 70.2 Å². The number of methoxy groups -OCH3 is 1. The number of carbonyl (C=O) groups excluding carboxylic acids is 3. The highest BCUT2D eigenvalue weighted by molar-refractivity contribution is 8.18. The highest BCUT2D eigenvalue weighted by Gasteiger charge is 2.36. The van der Waals surface area contributed by atoms with Gasteiger partial charge < -0.3 is 14.5 Å². The highest BCUT2D eigenvalue weighted by atomic mass is 32.2. The molecule has 0 spiro atoms. The average Bonchev–Trinajstić information content (AvgIpc) is 3.22. The van der Waals surface area contributed by atoms with Gasteiger partial charge in [-0.15, -0.1) is 0 Å². The Balaban J connectivity index is 1.22. The highest BCUT2D eigenvalue weighted by Crippen LogP contribution is 2.34. The second kappa shape index (κ2) is 11.3. The Hall–Kier alpha value is -4.18. The van der Waals surface area contributed by atoms with E-state index in [1.165, 1.54) is 12.1 Å². The molecule has 0 atom stereocenters. The molecule has 3 amide bonds. The molecular weight excluding hydrogens is 524 g/mol. The van der Waals surface area contributed by atoms with Gasteiger partial charge in [-0.05, 0) is 59.8 Å². The van der Waals surface area contributed by atoms with Crippen molar-refractivity contribution in [3.63, 3.8) is 0 Å². The summed E-state index contributed by atoms with van der Waals surface area (Å²) in [5, 5.41) is -0.604. The molecule has 7 nitrogen and oxygen atoms in total. The van der Waals surface area contributed by atoms with Crippen LogP contribution in [0.3, 0.4) is 0 Å². The lowest BCUT2D eigenvalue weighted by Gasteiger charge is -2.36. The quantitative estimate of drug-likeness (QED) is 0.395. The van der Waals surface area contributed by atoms with Crippen LogP contribution in [0.5, 0.6) is 5.75 Å². The zero-order chi connectivity index (χ0) is 27.5. The van der Waals surface area contributed by atoms with Gasteiger partial charge in [0.2, 0.25) is 0 Å². The first-order chi connectivity index (χ1) is 18.9. The van der Waals surface area contributed by atoms with E-state index in [9.17, 15) is 23.2 Å². The first-order valence-electron chi connectivity index (χ1n) is 12.3. The number of thioether (sulfide) groups is 1. The number of para-hydroxylation sites is 2. The third-order valence-corrected chi connectivity index (χ3v) is 7.61.